The van der Waals surface area contributed by atoms with Crippen molar-refractivity contribution in [1.82, 2.24) is 9.80 Å². The lowest BCUT2D eigenvalue weighted by atomic mass is 10.1. The zero-order valence-electron chi connectivity index (χ0n) is 11.5. The minimum atomic E-state index is -0.0709. The number of nitrogens with zero attached hydrogens (tertiary/aromatic N) is 2. The maximum absolute atomic E-state index is 8.69. The van der Waals surface area contributed by atoms with Gasteiger partial charge in [-0.15, -0.1) is 11.3 Å². The van der Waals surface area contributed by atoms with Crippen LogP contribution in [0.5, 0.6) is 0 Å². The van der Waals surface area contributed by atoms with Gasteiger partial charge in [0.15, 0.2) is 0 Å². The van der Waals surface area contributed by atoms with Crippen molar-refractivity contribution in [3.63, 3.8) is 0 Å². The van der Waals surface area contributed by atoms with Gasteiger partial charge in [0.25, 0.3) is 0 Å². The van der Waals surface area contributed by atoms with Crippen LogP contribution in [-0.2, 0) is 11.3 Å². The van der Waals surface area contributed by atoms with E-state index in [1.54, 1.807) is 11.3 Å². The fourth-order valence-corrected chi connectivity index (χ4v) is 3.59. The monoisotopic (exact) mass is 292 g/mol. The maximum atomic E-state index is 8.69. The van der Waals surface area contributed by atoms with Gasteiger partial charge in [-0.25, -0.2) is 0 Å². The highest BCUT2D eigenvalue weighted by molar-refractivity contribution is 7.10. The maximum Gasteiger partial charge on any atom is 0.104 e. The summed E-state index contributed by atoms with van der Waals surface area (Å²) in [5.74, 6) is 5.64. The zero-order valence-corrected chi connectivity index (χ0v) is 12.4. The van der Waals surface area contributed by atoms with Crippen molar-refractivity contribution < 1.29 is 9.84 Å². The SMILES string of the molecule is OCC#Cc1csc(CN2CC(N3CCOCC3)C2)c1. The molecule has 20 heavy (non-hydrogen) atoms. The van der Waals surface area contributed by atoms with Gasteiger partial charge in [-0.1, -0.05) is 11.8 Å². The Balaban J connectivity index is 1.45. The number of aliphatic hydroxyl groups excluding tert-OH is 1. The van der Waals surface area contributed by atoms with Crippen LogP contribution in [0, 0.1) is 11.8 Å². The van der Waals surface area contributed by atoms with Crippen molar-refractivity contribution in [2.24, 2.45) is 0 Å². The van der Waals surface area contributed by atoms with E-state index in [2.05, 4.69) is 33.1 Å². The standard InChI is InChI=1S/C15H20N2O2S/c18-5-1-2-13-8-15(20-12-13)11-16-9-14(10-16)17-3-6-19-7-4-17/h8,12,14,18H,3-7,9-11H2. The first-order valence-electron chi connectivity index (χ1n) is 7.06. The molecule has 2 aliphatic heterocycles. The van der Waals surface area contributed by atoms with Crippen LogP contribution in [0.1, 0.15) is 10.4 Å². The minimum Gasteiger partial charge on any atom is -0.384 e. The first kappa shape index (κ1) is 14.1. The number of hydrogen-bond donors (Lipinski definition) is 1. The van der Waals surface area contributed by atoms with Gasteiger partial charge in [0, 0.05) is 54.6 Å². The van der Waals surface area contributed by atoms with Crippen LogP contribution in [0.4, 0.5) is 0 Å². The van der Waals surface area contributed by atoms with E-state index in [9.17, 15) is 0 Å². The van der Waals surface area contributed by atoms with Crippen LogP contribution in [-0.4, -0.2) is 66.9 Å². The molecule has 108 valence electrons. The molecular formula is C15H20N2O2S. The number of morpholine rings is 1. The van der Waals surface area contributed by atoms with Crippen molar-refractivity contribution in [3.8, 4) is 11.8 Å². The highest BCUT2D eigenvalue weighted by atomic mass is 32.1. The van der Waals surface area contributed by atoms with Crippen molar-refractivity contribution in [2.75, 3.05) is 46.0 Å². The molecule has 1 N–H and O–H groups in total. The Bertz CT molecular complexity index is 493. The second kappa shape index (κ2) is 6.70. The predicted octanol–water partition coefficient (Wildman–Crippen LogP) is 0.608. The Morgan fingerprint density at radius 2 is 2.15 bits per heavy atom. The third kappa shape index (κ3) is 3.40. The highest BCUT2D eigenvalue weighted by Crippen LogP contribution is 2.22. The number of ether oxygens (including phenoxy) is 1. The summed E-state index contributed by atoms with van der Waals surface area (Å²) in [5, 5.41) is 10.8. The quantitative estimate of drug-likeness (QED) is 0.828. The van der Waals surface area contributed by atoms with Gasteiger partial charge in [-0.05, 0) is 6.07 Å². The van der Waals surface area contributed by atoms with E-state index in [0.717, 1.165) is 51.5 Å². The molecule has 0 atom stereocenters. The van der Waals surface area contributed by atoms with Crippen molar-refractivity contribution in [3.05, 3.63) is 21.9 Å². The summed E-state index contributed by atoms with van der Waals surface area (Å²) >= 11 is 1.75. The molecule has 5 heteroatoms. The van der Waals surface area contributed by atoms with Crippen molar-refractivity contribution in [2.45, 2.75) is 12.6 Å². The molecule has 0 amide bonds. The molecule has 0 aromatic carbocycles. The molecule has 0 saturated carbocycles. The molecule has 0 aliphatic carbocycles. The van der Waals surface area contributed by atoms with E-state index in [1.165, 1.54) is 4.88 Å². The van der Waals surface area contributed by atoms with Crippen LogP contribution in [0.2, 0.25) is 0 Å². The van der Waals surface area contributed by atoms with E-state index >= 15 is 0 Å². The summed E-state index contributed by atoms with van der Waals surface area (Å²) in [5.41, 5.74) is 1.02. The Kier molecular flexibility index (Phi) is 4.71. The molecule has 0 bridgehead atoms. The lowest BCUT2D eigenvalue weighted by molar-refractivity contribution is -0.0341. The molecule has 2 saturated heterocycles. The largest absolute Gasteiger partial charge is 0.384 e. The van der Waals surface area contributed by atoms with Crippen LogP contribution in [0.3, 0.4) is 0 Å². The van der Waals surface area contributed by atoms with E-state index in [-0.39, 0.29) is 6.61 Å². The van der Waals surface area contributed by atoms with Gasteiger partial charge in [-0.3, -0.25) is 9.80 Å². The molecule has 1 aromatic rings. The molecular weight excluding hydrogens is 272 g/mol. The van der Waals surface area contributed by atoms with Gasteiger partial charge < -0.3 is 9.84 Å². The third-order valence-corrected chi connectivity index (χ3v) is 4.77. The molecule has 0 radical (unpaired) electrons. The van der Waals surface area contributed by atoms with E-state index < -0.39 is 0 Å². The lowest BCUT2D eigenvalue weighted by Gasteiger charge is -2.46. The molecule has 0 spiro atoms. The smallest absolute Gasteiger partial charge is 0.104 e. The molecule has 3 rings (SSSR count). The average Bonchev–Trinajstić information content (AvgIpc) is 2.89. The summed E-state index contributed by atoms with van der Waals surface area (Å²) in [6, 6.07) is 2.85. The third-order valence-electron chi connectivity index (χ3n) is 3.84. The van der Waals surface area contributed by atoms with Gasteiger partial charge in [-0.2, -0.15) is 0 Å². The Morgan fingerprint density at radius 1 is 1.35 bits per heavy atom. The first-order chi connectivity index (χ1) is 9.85. The second-order valence-corrected chi connectivity index (χ2v) is 6.25. The molecule has 4 nitrogen and oxygen atoms in total. The van der Waals surface area contributed by atoms with Crippen molar-refractivity contribution in [1.29, 1.82) is 0 Å². The average molecular weight is 292 g/mol. The topological polar surface area (TPSA) is 35.9 Å². The minimum absolute atomic E-state index is 0.0709. The van der Waals surface area contributed by atoms with Crippen LogP contribution in [0.15, 0.2) is 11.4 Å². The number of thiophene rings is 1. The number of aliphatic hydroxyl groups is 1. The fourth-order valence-electron chi connectivity index (χ4n) is 2.74. The molecule has 1 aromatic heterocycles. The van der Waals surface area contributed by atoms with E-state index in [0.29, 0.717) is 6.04 Å². The Morgan fingerprint density at radius 3 is 2.90 bits per heavy atom. The molecule has 3 heterocycles. The van der Waals surface area contributed by atoms with Gasteiger partial charge in [0.2, 0.25) is 0 Å². The number of likely N-dealkylation sites (tertiary alicyclic amines) is 1. The van der Waals surface area contributed by atoms with Gasteiger partial charge >= 0.3 is 0 Å². The van der Waals surface area contributed by atoms with Crippen LogP contribution >= 0.6 is 11.3 Å². The van der Waals surface area contributed by atoms with Crippen molar-refractivity contribution >= 4 is 11.3 Å². The number of hydrogen-bond acceptors (Lipinski definition) is 5. The number of rotatable bonds is 3. The van der Waals surface area contributed by atoms with Gasteiger partial charge in [0.05, 0.1) is 13.2 Å². The molecule has 2 fully saturated rings. The lowest BCUT2D eigenvalue weighted by Crippen LogP contribution is -2.60. The summed E-state index contributed by atoms with van der Waals surface area (Å²) in [6.07, 6.45) is 0. The zero-order chi connectivity index (χ0) is 13.8. The first-order valence-corrected chi connectivity index (χ1v) is 7.94. The van der Waals surface area contributed by atoms with Crippen LogP contribution < -0.4 is 0 Å². The summed E-state index contributed by atoms with van der Waals surface area (Å²) < 4.78 is 5.39. The Labute approximate surface area is 124 Å². The Hall–Kier alpha value is -0.900. The summed E-state index contributed by atoms with van der Waals surface area (Å²) in [6.45, 7) is 7.20. The summed E-state index contributed by atoms with van der Waals surface area (Å²) in [4.78, 5) is 6.38. The van der Waals surface area contributed by atoms with E-state index in [4.69, 9.17) is 9.84 Å². The molecule has 2 aliphatic rings. The highest BCUT2D eigenvalue weighted by Gasteiger charge is 2.32. The van der Waals surface area contributed by atoms with Gasteiger partial charge in [0.1, 0.15) is 6.61 Å². The van der Waals surface area contributed by atoms with Crippen LogP contribution in [0.25, 0.3) is 0 Å². The molecule has 0 unspecified atom stereocenters. The normalized spacial score (nSPS) is 21.2. The van der Waals surface area contributed by atoms with E-state index in [1.807, 2.05) is 0 Å². The fraction of sp³-hybridized carbons (Fsp3) is 0.600. The predicted molar refractivity (Wildman–Crippen MR) is 79.7 cm³/mol. The second-order valence-electron chi connectivity index (χ2n) is 5.26. The summed E-state index contributed by atoms with van der Waals surface area (Å²) in [7, 11) is 0.